The van der Waals surface area contributed by atoms with Crippen LogP contribution in [0.5, 0.6) is 5.75 Å². The highest BCUT2D eigenvalue weighted by Crippen LogP contribution is 2.28. The lowest BCUT2D eigenvalue weighted by Crippen LogP contribution is -2.38. The zero-order valence-electron chi connectivity index (χ0n) is 10.8. The van der Waals surface area contributed by atoms with Crippen molar-refractivity contribution in [3.63, 3.8) is 0 Å². The van der Waals surface area contributed by atoms with Crippen molar-refractivity contribution in [1.29, 1.82) is 0 Å². The number of rotatable bonds is 3. The molecule has 1 atom stereocenters. The van der Waals surface area contributed by atoms with Gasteiger partial charge in [-0.25, -0.2) is 9.78 Å². The van der Waals surface area contributed by atoms with Crippen LogP contribution >= 0.6 is 22.9 Å². The number of nitrogens with zero attached hydrogens (tertiary/aromatic N) is 1. The number of amides is 3. The fraction of sp³-hybridized carbons (Fsp3) is 0.250. The van der Waals surface area contributed by atoms with E-state index in [0.29, 0.717) is 10.9 Å². The van der Waals surface area contributed by atoms with E-state index >= 15 is 0 Å². The third-order valence-corrected chi connectivity index (χ3v) is 3.55. The van der Waals surface area contributed by atoms with E-state index in [1.807, 2.05) is 6.07 Å². The first-order chi connectivity index (χ1) is 9.49. The number of ether oxygens (including phenoxy) is 1. The standard InChI is InChI=1S/C12H12ClN3O3S/c1-6(13)10(17)15-11(18)16-12-14-8-4-3-7(19-2)5-9(8)20-12/h3-6H,1-2H3,(H2,14,15,16,17,18). The number of imide groups is 1. The average Bonchev–Trinajstić information content (AvgIpc) is 2.78. The molecule has 0 saturated carbocycles. The van der Waals surface area contributed by atoms with Gasteiger partial charge in [0.1, 0.15) is 11.1 Å². The van der Waals surface area contributed by atoms with Crippen LogP contribution in [0.1, 0.15) is 6.92 Å². The number of aromatic nitrogens is 1. The van der Waals surface area contributed by atoms with Crippen molar-refractivity contribution in [3.05, 3.63) is 18.2 Å². The van der Waals surface area contributed by atoms with Gasteiger partial charge in [0, 0.05) is 0 Å². The van der Waals surface area contributed by atoms with E-state index in [2.05, 4.69) is 15.6 Å². The van der Waals surface area contributed by atoms with E-state index in [1.165, 1.54) is 18.3 Å². The Morgan fingerprint density at radius 1 is 1.45 bits per heavy atom. The molecule has 0 aliphatic carbocycles. The second-order valence-electron chi connectivity index (χ2n) is 3.91. The summed E-state index contributed by atoms with van der Waals surface area (Å²) in [4.78, 5) is 27.1. The maximum Gasteiger partial charge on any atom is 0.327 e. The van der Waals surface area contributed by atoms with Crippen LogP contribution in [-0.4, -0.2) is 29.4 Å². The highest BCUT2D eigenvalue weighted by Gasteiger charge is 2.14. The van der Waals surface area contributed by atoms with Gasteiger partial charge in [-0.2, -0.15) is 0 Å². The Labute approximate surface area is 124 Å². The molecule has 1 unspecified atom stereocenters. The summed E-state index contributed by atoms with van der Waals surface area (Å²) in [6, 6.07) is 4.74. The number of hydrogen-bond donors (Lipinski definition) is 2. The van der Waals surface area contributed by atoms with E-state index in [0.717, 1.165) is 10.2 Å². The van der Waals surface area contributed by atoms with Crippen molar-refractivity contribution in [2.24, 2.45) is 0 Å². The van der Waals surface area contributed by atoms with Gasteiger partial charge in [0.2, 0.25) is 5.91 Å². The minimum Gasteiger partial charge on any atom is -0.497 e. The van der Waals surface area contributed by atoms with Gasteiger partial charge in [-0.1, -0.05) is 11.3 Å². The van der Waals surface area contributed by atoms with Gasteiger partial charge in [0.05, 0.1) is 17.3 Å². The molecule has 2 rings (SSSR count). The number of methoxy groups -OCH3 is 1. The maximum absolute atomic E-state index is 11.6. The number of carbonyl (C=O) groups is 2. The summed E-state index contributed by atoms with van der Waals surface area (Å²) in [6.45, 7) is 1.48. The predicted molar refractivity (Wildman–Crippen MR) is 78.6 cm³/mol. The molecule has 0 aliphatic rings. The first kappa shape index (κ1) is 14.5. The maximum atomic E-state index is 11.6. The van der Waals surface area contributed by atoms with Crippen LogP contribution < -0.4 is 15.4 Å². The number of thiazole rings is 1. The molecule has 0 aliphatic heterocycles. The van der Waals surface area contributed by atoms with Crippen LogP contribution in [0.2, 0.25) is 0 Å². The highest BCUT2D eigenvalue weighted by molar-refractivity contribution is 7.22. The Morgan fingerprint density at radius 3 is 2.85 bits per heavy atom. The van der Waals surface area contributed by atoms with Gasteiger partial charge in [-0.3, -0.25) is 15.4 Å². The largest absolute Gasteiger partial charge is 0.497 e. The minimum absolute atomic E-state index is 0.390. The molecular weight excluding hydrogens is 302 g/mol. The molecule has 8 heteroatoms. The molecule has 1 aromatic heterocycles. The monoisotopic (exact) mass is 313 g/mol. The van der Waals surface area contributed by atoms with Gasteiger partial charge in [-0.15, -0.1) is 11.6 Å². The molecule has 1 aromatic carbocycles. The topological polar surface area (TPSA) is 80.3 Å². The molecule has 20 heavy (non-hydrogen) atoms. The van der Waals surface area contributed by atoms with Crippen LogP contribution in [0.15, 0.2) is 18.2 Å². The zero-order chi connectivity index (χ0) is 14.7. The second-order valence-corrected chi connectivity index (χ2v) is 5.60. The van der Waals surface area contributed by atoms with Gasteiger partial charge >= 0.3 is 6.03 Å². The third kappa shape index (κ3) is 3.37. The number of fused-ring (bicyclic) bond motifs is 1. The molecule has 0 radical (unpaired) electrons. The molecule has 0 spiro atoms. The summed E-state index contributed by atoms with van der Waals surface area (Å²) < 4.78 is 5.98. The number of nitrogens with one attached hydrogen (secondary N) is 2. The van der Waals surface area contributed by atoms with Crippen molar-refractivity contribution >= 4 is 50.2 Å². The number of alkyl halides is 1. The molecule has 3 amide bonds. The van der Waals surface area contributed by atoms with Crippen molar-refractivity contribution in [3.8, 4) is 5.75 Å². The lowest BCUT2D eigenvalue weighted by molar-refractivity contribution is -0.119. The van der Waals surface area contributed by atoms with Crippen LogP contribution in [0.25, 0.3) is 10.2 Å². The first-order valence-corrected chi connectivity index (χ1v) is 6.95. The number of hydrogen-bond acceptors (Lipinski definition) is 5. The summed E-state index contributed by atoms with van der Waals surface area (Å²) in [6.07, 6.45) is 0. The average molecular weight is 314 g/mol. The van der Waals surface area contributed by atoms with E-state index in [9.17, 15) is 9.59 Å². The summed E-state index contributed by atoms with van der Waals surface area (Å²) in [5.41, 5.74) is 0.739. The normalized spacial score (nSPS) is 11.9. The molecule has 0 saturated heterocycles. The van der Waals surface area contributed by atoms with Gasteiger partial charge in [0.25, 0.3) is 0 Å². The Balaban J connectivity index is 2.10. The van der Waals surface area contributed by atoms with Crippen molar-refractivity contribution < 1.29 is 14.3 Å². The van der Waals surface area contributed by atoms with E-state index < -0.39 is 17.3 Å². The summed E-state index contributed by atoms with van der Waals surface area (Å²) >= 11 is 6.84. The van der Waals surface area contributed by atoms with Crippen LogP contribution in [0, 0.1) is 0 Å². The molecule has 0 bridgehead atoms. The molecule has 0 fully saturated rings. The molecule has 106 valence electrons. The number of benzene rings is 1. The fourth-order valence-electron chi connectivity index (χ4n) is 1.43. The molecule has 6 nitrogen and oxygen atoms in total. The Kier molecular flexibility index (Phi) is 4.41. The van der Waals surface area contributed by atoms with Crippen molar-refractivity contribution in [1.82, 2.24) is 10.3 Å². The summed E-state index contributed by atoms with van der Waals surface area (Å²) in [5, 5.41) is 4.22. The van der Waals surface area contributed by atoms with E-state index in [4.69, 9.17) is 16.3 Å². The van der Waals surface area contributed by atoms with E-state index in [-0.39, 0.29) is 0 Å². The van der Waals surface area contributed by atoms with Gasteiger partial charge in [-0.05, 0) is 25.1 Å². The van der Waals surface area contributed by atoms with Crippen molar-refractivity contribution in [2.45, 2.75) is 12.3 Å². The van der Waals surface area contributed by atoms with Crippen LogP contribution in [0.3, 0.4) is 0 Å². The summed E-state index contributed by atoms with van der Waals surface area (Å²) in [7, 11) is 1.58. The van der Waals surface area contributed by atoms with Crippen LogP contribution in [0.4, 0.5) is 9.93 Å². The van der Waals surface area contributed by atoms with Gasteiger partial charge in [0.15, 0.2) is 5.13 Å². The molecule has 2 aromatic rings. The first-order valence-electron chi connectivity index (χ1n) is 5.70. The fourth-order valence-corrected chi connectivity index (χ4v) is 2.37. The summed E-state index contributed by atoms with van der Waals surface area (Å²) in [5.74, 6) is 0.148. The van der Waals surface area contributed by atoms with Crippen molar-refractivity contribution in [2.75, 3.05) is 12.4 Å². The number of halogens is 1. The Hall–Kier alpha value is -1.86. The van der Waals surface area contributed by atoms with E-state index in [1.54, 1.807) is 19.2 Å². The SMILES string of the molecule is COc1ccc2nc(NC(=O)NC(=O)C(C)Cl)sc2c1. The minimum atomic E-state index is -0.777. The quantitative estimate of drug-likeness (QED) is 0.853. The second kappa shape index (κ2) is 6.06. The zero-order valence-corrected chi connectivity index (χ0v) is 12.3. The smallest absolute Gasteiger partial charge is 0.327 e. The molecule has 2 N–H and O–H groups in total. The lowest BCUT2D eigenvalue weighted by atomic mass is 10.3. The molecule has 1 heterocycles. The number of anilines is 1. The predicted octanol–water partition coefficient (Wildman–Crippen LogP) is 2.58. The highest BCUT2D eigenvalue weighted by atomic mass is 35.5. The van der Waals surface area contributed by atoms with Crippen LogP contribution in [-0.2, 0) is 4.79 Å². The molecular formula is C12H12ClN3O3S. The third-order valence-electron chi connectivity index (χ3n) is 2.41. The Bertz CT molecular complexity index is 656. The number of urea groups is 1. The number of carbonyl (C=O) groups excluding carboxylic acids is 2. The Morgan fingerprint density at radius 2 is 2.20 bits per heavy atom. The van der Waals surface area contributed by atoms with Gasteiger partial charge < -0.3 is 4.74 Å². The lowest BCUT2D eigenvalue weighted by Gasteiger charge is -2.04.